The van der Waals surface area contributed by atoms with Crippen LogP contribution in [-0.4, -0.2) is 75.1 Å². The number of rotatable bonds is 10. The largest absolute Gasteiger partial charge is 0.497 e. The van der Waals surface area contributed by atoms with Gasteiger partial charge >= 0.3 is 6.03 Å². The van der Waals surface area contributed by atoms with E-state index in [-0.39, 0.29) is 25.0 Å². The number of halogens is 1. The van der Waals surface area contributed by atoms with E-state index in [1.807, 2.05) is 31.2 Å². The van der Waals surface area contributed by atoms with Gasteiger partial charge < -0.3 is 24.4 Å². The second-order valence-corrected chi connectivity index (χ2v) is 8.25. The zero-order chi connectivity index (χ0) is 25.4. The van der Waals surface area contributed by atoms with Crippen molar-refractivity contribution >= 4 is 29.3 Å². The van der Waals surface area contributed by atoms with Crippen molar-refractivity contribution in [2.24, 2.45) is 5.10 Å². The van der Waals surface area contributed by atoms with Crippen molar-refractivity contribution in [2.45, 2.75) is 19.4 Å². The summed E-state index contributed by atoms with van der Waals surface area (Å²) < 4.78 is 16.1. The van der Waals surface area contributed by atoms with Crippen LogP contribution in [0.1, 0.15) is 30.5 Å². The maximum Gasteiger partial charge on any atom is 0.317 e. The van der Waals surface area contributed by atoms with E-state index in [0.29, 0.717) is 41.8 Å². The normalized spacial score (nSPS) is 14.9. The molecule has 0 aromatic heterocycles. The molecule has 10 heteroatoms. The van der Waals surface area contributed by atoms with E-state index in [9.17, 15) is 9.59 Å². The zero-order valence-corrected chi connectivity index (χ0v) is 21.2. The van der Waals surface area contributed by atoms with E-state index in [4.69, 9.17) is 25.8 Å². The Bertz CT molecular complexity index is 1080. The van der Waals surface area contributed by atoms with Crippen LogP contribution in [0.15, 0.2) is 47.6 Å². The highest BCUT2D eigenvalue weighted by molar-refractivity contribution is 6.34. The molecule has 0 unspecified atom stereocenters. The van der Waals surface area contributed by atoms with Crippen LogP contribution in [0.25, 0.3) is 0 Å². The fourth-order valence-electron chi connectivity index (χ4n) is 3.89. The van der Waals surface area contributed by atoms with Gasteiger partial charge in [-0.25, -0.2) is 9.80 Å². The smallest absolute Gasteiger partial charge is 0.317 e. The summed E-state index contributed by atoms with van der Waals surface area (Å²) >= 11 is 6.45. The summed E-state index contributed by atoms with van der Waals surface area (Å²) in [7, 11) is 4.70. The van der Waals surface area contributed by atoms with Crippen molar-refractivity contribution in [3.8, 4) is 11.5 Å². The Hall–Kier alpha value is -3.30. The number of carbonyl (C=O) groups excluding carboxylic acids is 2. The molecule has 3 amide bonds. The summed E-state index contributed by atoms with van der Waals surface area (Å²) in [5.41, 5.74) is 2.16. The van der Waals surface area contributed by atoms with Gasteiger partial charge in [-0.15, -0.1) is 0 Å². The van der Waals surface area contributed by atoms with Crippen LogP contribution in [-0.2, 0) is 9.53 Å². The highest BCUT2D eigenvalue weighted by Gasteiger charge is 2.36. The molecule has 35 heavy (non-hydrogen) atoms. The molecule has 2 aromatic rings. The van der Waals surface area contributed by atoms with Crippen LogP contribution in [0.5, 0.6) is 11.5 Å². The average Bonchev–Trinajstić information content (AvgIpc) is 3.31. The Balaban J connectivity index is 1.99. The molecule has 0 saturated heterocycles. The van der Waals surface area contributed by atoms with Gasteiger partial charge in [0.05, 0.1) is 32.6 Å². The van der Waals surface area contributed by atoms with Gasteiger partial charge in [-0.2, -0.15) is 5.10 Å². The van der Waals surface area contributed by atoms with Crippen LogP contribution < -0.4 is 14.8 Å². The molecule has 0 saturated carbocycles. The third-order valence-electron chi connectivity index (χ3n) is 5.65. The molecule has 0 fully saturated rings. The molecule has 1 atom stereocenters. The lowest BCUT2D eigenvalue weighted by Crippen LogP contribution is -2.47. The third-order valence-corrected chi connectivity index (χ3v) is 5.98. The van der Waals surface area contributed by atoms with Crippen LogP contribution in [0.2, 0.25) is 5.02 Å². The Labute approximate surface area is 210 Å². The summed E-state index contributed by atoms with van der Waals surface area (Å²) in [6.45, 7) is 2.65. The lowest BCUT2D eigenvalue weighted by molar-refractivity contribution is -0.133. The van der Waals surface area contributed by atoms with E-state index < -0.39 is 6.04 Å². The molecule has 1 aliphatic rings. The number of hydrogen-bond acceptors (Lipinski definition) is 6. The van der Waals surface area contributed by atoms with Crippen LogP contribution in [0.3, 0.4) is 0 Å². The topological polar surface area (TPSA) is 92.7 Å². The van der Waals surface area contributed by atoms with Crippen molar-refractivity contribution in [2.75, 3.05) is 47.6 Å². The third kappa shape index (κ3) is 6.23. The molecule has 9 nitrogen and oxygen atoms in total. The zero-order valence-electron chi connectivity index (χ0n) is 20.4. The van der Waals surface area contributed by atoms with Gasteiger partial charge in [-0.3, -0.25) is 4.79 Å². The predicted molar refractivity (Wildman–Crippen MR) is 134 cm³/mol. The Morgan fingerprint density at radius 2 is 1.94 bits per heavy atom. The molecule has 188 valence electrons. The fourth-order valence-corrected chi connectivity index (χ4v) is 4.14. The Morgan fingerprint density at radius 1 is 1.17 bits per heavy atom. The SMILES string of the molecule is CCNC(=O)N(CCOC)CC(=O)N1N=C(c2ccccc2Cl)C[C@H]1c1cc(OC)ccc1OC. The first-order valence-electron chi connectivity index (χ1n) is 11.3. The Morgan fingerprint density at radius 3 is 2.60 bits per heavy atom. The lowest BCUT2D eigenvalue weighted by atomic mass is 9.97. The molecule has 1 N–H and O–H groups in total. The van der Waals surface area contributed by atoms with Crippen LogP contribution in [0, 0.1) is 0 Å². The highest BCUT2D eigenvalue weighted by atomic mass is 35.5. The number of ether oxygens (including phenoxy) is 3. The number of carbonyl (C=O) groups is 2. The van der Waals surface area contributed by atoms with Gasteiger partial charge in [0.2, 0.25) is 0 Å². The van der Waals surface area contributed by atoms with E-state index in [1.165, 1.54) is 9.91 Å². The molecule has 0 aliphatic carbocycles. The number of benzene rings is 2. The van der Waals surface area contributed by atoms with E-state index in [0.717, 1.165) is 11.1 Å². The molecule has 3 rings (SSSR count). The van der Waals surface area contributed by atoms with Gasteiger partial charge in [0.25, 0.3) is 5.91 Å². The fraction of sp³-hybridized carbons (Fsp3) is 0.400. The first-order valence-corrected chi connectivity index (χ1v) is 11.7. The van der Waals surface area contributed by atoms with Gasteiger partial charge in [-0.05, 0) is 31.2 Å². The number of hydrazone groups is 1. The molecular formula is C25H31ClN4O5. The second kappa shape index (κ2) is 12.4. The quantitative estimate of drug-likeness (QED) is 0.534. The maximum atomic E-state index is 13.6. The summed E-state index contributed by atoms with van der Waals surface area (Å²) in [4.78, 5) is 27.6. The Kier molecular flexibility index (Phi) is 9.33. The van der Waals surface area contributed by atoms with Gasteiger partial charge in [0, 0.05) is 42.8 Å². The monoisotopic (exact) mass is 502 g/mol. The summed E-state index contributed by atoms with van der Waals surface area (Å²) in [6.07, 6.45) is 0.415. The van der Waals surface area contributed by atoms with Crippen molar-refractivity contribution in [1.82, 2.24) is 15.2 Å². The van der Waals surface area contributed by atoms with Gasteiger partial charge in [0.15, 0.2) is 0 Å². The molecule has 1 aliphatic heterocycles. The van der Waals surface area contributed by atoms with Crippen molar-refractivity contribution in [3.63, 3.8) is 0 Å². The first kappa shape index (κ1) is 26.3. The standard InChI is InChI=1S/C25H31ClN4O5/c1-5-27-25(32)29(12-13-33-2)16-24(31)30-22(19-14-17(34-3)10-11-23(19)35-4)15-21(28-30)18-8-6-7-9-20(18)26/h6-11,14,22H,5,12-13,15-16H2,1-4H3,(H,27,32)/t22-/m0/s1. The number of amides is 3. The molecular weight excluding hydrogens is 472 g/mol. The molecule has 0 radical (unpaired) electrons. The molecule has 2 aromatic carbocycles. The molecule has 0 bridgehead atoms. The summed E-state index contributed by atoms with van der Waals surface area (Å²) in [5, 5.41) is 9.37. The van der Waals surface area contributed by atoms with Gasteiger partial charge in [0.1, 0.15) is 18.0 Å². The van der Waals surface area contributed by atoms with Crippen molar-refractivity contribution < 1.29 is 23.8 Å². The highest BCUT2D eigenvalue weighted by Crippen LogP contribution is 2.40. The lowest BCUT2D eigenvalue weighted by Gasteiger charge is -2.27. The maximum absolute atomic E-state index is 13.6. The number of urea groups is 1. The first-order chi connectivity index (χ1) is 16.9. The van der Waals surface area contributed by atoms with E-state index in [1.54, 1.807) is 39.5 Å². The minimum absolute atomic E-state index is 0.169. The number of nitrogens with one attached hydrogen (secondary N) is 1. The van der Waals surface area contributed by atoms with E-state index in [2.05, 4.69) is 10.4 Å². The van der Waals surface area contributed by atoms with Crippen LogP contribution in [0.4, 0.5) is 4.79 Å². The number of methoxy groups -OCH3 is 3. The summed E-state index contributed by atoms with van der Waals surface area (Å²) in [6, 6.07) is 12.0. The van der Waals surface area contributed by atoms with Crippen molar-refractivity contribution in [1.29, 1.82) is 0 Å². The molecule has 1 heterocycles. The molecule has 0 spiro atoms. The number of hydrogen-bond donors (Lipinski definition) is 1. The van der Waals surface area contributed by atoms with Crippen LogP contribution >= 0.6 is 11.6 Å². The predicted octanol–water partition coefficient (Wildman–Crippen LogP) is 3.71. The van der Waals surface area contributed by atoms with Crippen molar-refractivity contribution in [3.05, 3.63) is 58.6 Å². The summed E-state index contributed by atoms with van der Waals surface area (Å²) in [5.74, 6) is 0.886. The average molecular weight is 503 g/mol. The second-order valence-electron chi connectivity index (χ2n) is 7.84. The number of nitrogens with zero attached hydrogens (tertiary/aromatic N) is 3. The minimum atomic E-state index is -0.475. The van der Waals surface area contributed by atoms with E-state index >= 15 is 0 Å². The minimum Gasteiger partial charge on any atom is -0.497 e. The van der Waals surface area contributed by atoms with Gasteiger partial charge in [-0.1, -0.05) is 29.8 Å².